The van der Waals surface area contributed by atoms with Gasteiger partial charge in [0.05, 0.1) is 11.1 Å². The third kappa shape index (κ3) is 1.98. The average Bonchev–Trinajstić information content (AvgIpc) is 2.16. The van der Waals surface area contributed by atoms with Gasteiger partial charge in [-0.1, -0.05) is 12.1 Å². The van der Waals surface area contributed by atoms with Crippen LogP contribution in [0.15, 0.2) is 18.2 Å². The minimum Gasteiger partial charge on any atom is -0.477 e. The quantitative estimate of drug-likeness (QED) is 0.824. The maximum atomic E-state index is 13.2. The first-order valence-corrected chi connectivity index (χ1v) is 3.96. The molecule has 0 aliphatic rings. The molecule has 0 radical (unpaired) electrons. The summed E-state index contributed by atoms with van der Waals surface area (Å²) in [6, 6.07) is 1.81. The number of carboxylic acid groups (broad SMARTS) is 1. The van der Waals surface area contributed by atoms with E-state index in [1.165, 1.54) is 0 Å². The molecule has 0 spiro atoms. The molecule has 0 fully saturated rings. The van der Waals surface area contributed by atoms with Gasteiger partial charge < -0.3 is 5.11 Å². The van der Waals surface area contributed by atoms with Crippen LogP contribution in [0.5, 0.6) is 0 Å². The van der Waals surface area contributed by atoms with E-state index < -0.39 is 35.3 Å². The molecular formula is C9H5F5O2. The first-order valence-electron chi connectivity index (χ1n) is 3.96. The van der Waals surface area contributed by atoms with Gasteiger partial charge >= 0.3 is 11.9 Å². The molecule has 1 rings (SSSR count). The molecule has 0 aliphatic heterocycles. The summed E-state index contributed by atoms with van der Waals surface area (Å²) in [6.45, 7) is 0. The Bertz CT molecular complexity index is 416. The summed E-state index contributed by atoms with van der Waals surface area (Å²) in [5, 5.41) is 8.14. The fourth-order valence-corrected chi connectivity index (χ4v) is 1.08. The standard InChI is InChI=1S/C9H5F5O2/c10-6-4(7(11)12)2-1-3-5(6)9(13,14)8(15)16/h1-3,7H,(H,15,16). The number of carboxylic acids is 1. The summed E-state index contributed by atoms with van der Waals surface area (Å²) < 4.78 is 63.3. The number of alkyl halides is 4. The minimum absolute atomic E-state index is 0.454. The predicted octanol–water partition coefficient (Wildman–Crippen LogP) is 2.94. The number of benzene rings is 1. The summed E-state index contributed by atoms with van der Waals surface area (Å²) in [5.74, 6) is -9.03. The lowest BCUT2D eigenvalue weighted by Crippen LogP contribution is -2.27. The van der Waals surface area contributed by atoms with Gasteiger partial charge in [0.2, 0.25) is 0 Å². The normalized spacial score (nSPS) is 11.9. The molecule has 0 aliphatic carbocycles. The fraction of sp³-hybridized carbons (Fsp3) is 0.222. The van der Waals surface area contributed by atoms with Crippen molar-refractivity contribution < 1.29 is 31.9 Å². The van der Waals surface area contributed by atoms with E-state index in [2.05, 4.69) is 0 Å². The Hall–Kier alpha value is -1.66. The smallest absolute Gasteiger partial charge is 0.379 e. The van der Waals surface area contributed by atoms with Gasteiger partial charge in [-0.2, -0.15) is 8.78 Å². The van der Waals surface area contributed by atoms with E-state index in [4.69, 9.17) is 5.11 Å². The number of rotatable bonds is 3. The lowest BCUT2D eigenvalue weighted by Gasteiger charge is -2.14. The molecule has 0 aromatic heterocycles. The maximum Gasteiger partial charge on any atom is 0.379 e. The van der Waals surface area contributed by atoms with Crippen molar-refractivity contribution in [3.63, 3.8) is 0 Å². The summed E-state index contributed by atoms with van der Waals surface area (Å²) in [6.07, 6.45) is -3.29. The molecule has 0 heterocycles. The lowest BCUT2D eigenvalue weighted by atomic mass is 10.0. The topological polar surface area (TPSA) is 37.3 Å². The number of hydrogen-bond acceptors (Lipinski definition) is 1. The molecule has 1 aromatic carbocycles. The predicted molar refractivity (Wildman–Crippen MR) is 42.9 cm³/mol. The fourth-order valence-electron chi connectivity index (χ4n) is 1.08. The Morgan fingerprint density at radius 1 is 1.31 bits per heavy atom. The van der Waals surface area contributed by atoms with Gasteiger partial charge in [-0.25, -0.2) is 18.0 Å². The first-order chi connectivity index (χ1) is 7.28. The molecule has 7 heteroatoms. The summed E-state index contributed by atoms with van der Waals surface area (Å²) in [4.78, 5) is 10.2. The number of aliphatic carboxylic acids is 1. The van der Waals surface area contributed by atoms with Crippen LogP contribution in [0.1, 0.15) is 17.6 Å². The van der Waals surface area contributed by atoms with Crippen molar-refractivity contribution in [1.82, 2.24) is 0 Å². The molecule has 0 atom stereocenters. The van der Waals surface area contributed by atoms with Crippen LogP contribution in [0, 0.1) is 5.82 Å². The molecule has 16 heavy (non-hydrogen) atoms. The van der Waals surface area contributed by atoms with Gasteiger partial charge in [-0.15, -0.1) is 0 Å². The number of hydrogen-bond donors (Lipinski definition) is 1. The van der Waals surface area contributed by atoms with E-state index in [1.54, 1.807) is 0 Å². The molecule has 88 valence electrons. The highest BCUT2D eigenvalue weighted by molar-refractivity contribution is 5.77. The van der Waals surface area contributed by atoms with Crippen LogP contribution >= 0.6 is 0 Å². The van der Waals surface area contributed by atoms with E-state index in [1.807, 2.05) is 0 Å². The second-order valence-corrected chi connectivity index (χ2v) is 2.89. The maximum absolute atomic E-state index is 13.2. The zero-order chi connectivity index (χ0) is 12.5. The van der Waals surface area contributed by atoms with Crippen molar-refractivity contribution >= 4 is 5.97 Å². The van der Waals surface area contributed by atoms with E-state index in [9.17, 15) is 26.7 Å². The van der Waals surface area contributed by atoms with Gasteiger partial charge in [0, 0.05) is 0 Å². The molecule has 0 bridgehead atoms. The molecule has 0 saturated heterocycles. The Morgan fingerprint density at radius 3 is 2.31 bits per heavy atom. The Morgan fingerprint density at radius 2 is 1.88 bits per heavy atom. The molecule has 2 nitrogen and oxygen atoms in total. The highest BCUT2D eigenvalue weighted by Gasteiger charge is 2.44. The van der Waals surface area contributed by atoms with Crippen molar-refractivity contribution in [3.05, 3.63) is 35.1 Å². The van der Waals surface area contributed by atoms with Crippen molar-refractivity contribution in [2.24, 2.45) is 0 Å². The second-order valence-electron chi connectivity index (χ2n) is 2.89. The van der Waals surface area contributed by atoms with Crippen LogP contribution in [0.25, 0.3) is 0 Å². The SMILES string of the molecule is O=C(O)C(F)(F)c1cccc(C(F)F)c1F. The van der Waals surface area contributed by atoms with Crippen LogP contribution in [0.2, 0.25) is 0 Å². The van der Waals surface area contributed by atoms with Crippen LogP contribution in [0.4, 0.5) is 22.0 Å². The lowest BCUT2D eigenvalue weighted by molar-refractivity contribution is -0.166. The summed E-state index contributed by atoms with van der Waals surface area (Å²) >= 11 is 0. The third-order valence-corrected chi connectivity index (χ3v) is 1.87. The van der Waals surface area contributed by atoms with E-state index in [0.717, 1.165) is 6.07 Å². The van der Waals surface area contributed by atoms with Gasteiger partial charge in [0.15, 0.2) is 0 Å². The summed E-state index contributed by atoms with van der Waals surface area (Å²) in [5.41, 5.74) is -2.82. The van der Waals surface area contributed by atoms with Crippen molar-refractivity contribution in [2.75, 3.05) is 0 Å². The van der Waals surface area contributed by atoms with Crippen LogP contribution in [-0.4, -0.2) is 11.1 Å². The Balaban J connectivity index is 3.36. The van der Waals surface area contributed by atoms with E-state index in [-0.39, 0.29) is 0 Å². The molecule has 1 aromatic rings. The monoisotopic (exact) mass is 240 g/mol. The summed E-state index contributed by atoms with van der Waals surface area (Å²) in [7, 11) is 0. The minimum atomic E-state index is -4.53. The van der Waals surface area contributed by atoms with Crippen molar-refractivity contribution in [2.45, 2.75) is 12.3 Å². The highest BCUT2D eigenvalue weighted by atomic mass is 19.3. The average molecular weight is 240 g/mol. The highest BCUT2D eigenvalue weighted by Crippen LogP contribution is 2.34. The van der Waals surface area contributed by atoms with Crippen LogP contribution in [-0.2, 0) is 10.7 Å². The first kappa shape index (κ1) is 12.4. The zero-order valence-electron chi connectivity index (χ0n) is 7.55. The molecule has 0 saturated carbocycles. The van der Waals surface area contributed by atoms with E-state index >= 15 is 0 Å². The van der Waals surface area contributed by atoms with Crippen LogP contribution in [0.3, 0.4) is 0 Å². The zero-order valence-corrected chi connectivity index (χ0v) is 7.55. The van der Waals surface area contributed by atoms with Gasteiger partial charge in [-0.05, 0) is 6.07 Å². The molecule has 1 N–H and O–H groups in total. The van der Waals surface area contributed by atoms with Gasteiger partial charge in [0.25, 0.3) is 6.43 Å². The number of halogens is 5. The number of carbonyl (C=O) groups is 1. The van der Waals surface area contributed by atoms with Crippen LogP contribution < -0.4 is 0 Å². The molecule has 0 unspecified atom stereocenters. The second kappa shape index (κ2) is 4.07. The van der Waals surface area contributed by atoms with Crippen molar-refractivity contribution in [1.29, 1.82) is 0 Å². The molecular weight excluding hydrogens is 235 g/mol. The molecule has 0 amide bonds. The van der Waals surface area contributed by atoms with Gasteiger partial charge in [0.1, 0.15) is 5.82 Å². The Labute approximate surface area is 86.3 Å². The largest absolute Gasteiger partial charge is 0.477 e. The van der Waals surface area contributed by atoms with Gasteiger partial charge in [-0.3, -0.25) is 0 Å². The van der Waals surface area contributed by atoms with Crippen molar-refractivity contribution in [3.8, 4) is 0 Å². The third-order valence-electron chi connectivity index (χ3n) is 1.87. The van der Waals surface area contributed by atoms with E-state index in [0.29, 0.717) is 12.1 Å². The Kier molecular flexibility index (Phi) is 3.16.